The zero-order valence-corrected chi connectivity index (χ0v) is 9.87. The standard InChI is InChI=1S/C10H17N5O2/c1-8-12-6-10(15(16)17)14(8)5-4-13-3-2-9(11)7-13/h6,9H,2-5,7,11H2,1H3. The Morgan fingerprint density at radius 3 is 3.00 bits per heavy atom. The number of nitrogens with zero attached hydrogens (tertiary/aromatic N) is 4. The van der Waals surface area contributed by atoms with Gasteiger partial charge in [0, 0.05) is 26.1 Å². The minimum Gasteiger partial charge on any atom is -0.358 e. The molecule has 0 bridgehead atoms. The van der Waals surface area contributed by atoms with Crippen molar-refractivity contribution in [2.45, 2.75) is 25.9 Å². The first kappa shape index (κ1) is 12.0. The first-order chi connectivity index (χ1) is 8.08. The van der Waals surface area contributed by atoms with Crippen molar-refractivity contribution in [1.82, 2.24) is 14.5 Å². The quantitative estimate of drug-likeness (QED) is 0.596. The van der Waals surface area contributed by atoms with Crippen LogP contribution in [0.3, 0.4) is 0 Å². The molecule has 1 atom stereocenters. The smallest absolute Gasteiger partial charge is 0.342 e. The van der Waals surface area contributed by atoms with Gasteiger partial charge in [0.05, 0.1) is 0 Å². The van der Waals surface area contributed by atoms with Crippen molar-refractivity contribution in [2.75, 3.05) is 19.6 Å². The highest BCUT2D eigenvalue weighted by molar-refractivity contribution is 5.18. The van der Waals surface area contributed by atoms with E-state index in [1.54, 1.807) is 11.5 Å². The van der Waals surface area contributed by atoms with Gasteiger partial charge in [0.2, 0.25) is 0 Å². The summed E-state index contributed by atoms with van der Waals surface area (Å²) in [7, 11) is 0. The lowest BCUT2D eigenvalue weighted by Gasteiger charge is -2.14. The van der Waals surface area contributed by atoms with Crippen LogP contribution in [0, 0.1) is 17.0 Å². The fourth-order valence-corrected chi connectivity index (χ4v) is 2.19. The molecule has 2 rings (SSSR count). The van der Waals surface area contributed by atoms with Gasteiger partial charge in [-0.3, -0.25) is 4.90 Å². The summed E-state index contributed by atoms with van der Waals surface area (Å²) in [6.45, 7) is 5.01. The molecule has 2 N–H and O–H groups in total. The summed E-state index contributed by atoms with van der Waals surface area (Å²) in [5.41, 5.74) is 5.81. The van der Waals surface area contributed by atoms with Gasteiger partial charge >= 0.3 is 5.82 Å². The molecule has 0 aliphatic carbocycles. The molecule has 0 saturated carbocycles. The number of nitro groups is 1. The third-order valence-electron chi connectivity index (χ3n) is 3.17. The molecule has 1 saturated heterocycles. The van der Waals surface area contributed by atoms with Crippen molar-refractivity contribution >= 4 is 5.82 Å². The van der Waals surface area contributed by atoms with Crippen LogP contribution in [-0.2, 0) is 6.54 Å². The fraction of sp³-hybridized carbons (Fsp3) is 0.700. The summed E-state index contributed by atoms with van der Waals surface area (Å²) >= 11 is 0. The van der Waals surface area contributed by atoms with Gasteiger partial charge in [-0.15, -0.1) is 0 Å². The maximum Gasteiger partial charge on any atom is 0.342 e. The SMILES string of the molecule is Cc1ncc([N+](=O)[O-])n1CCN1CCC(N)C1. The third-order valence-corrected chi connectivity index (χ3v) is 3.17. The van der Waals surface area contributed by atoms with Gasteiger partial charge in [0.1, 0.15) is 12.7 Å². The third kappa shape index (κ3) is 2.62. The van der Waals surface area contributed by atoms with Gasteiger partial charge in [0.25, 0.3) is 0 Å². The van der Waals surface area contributed by atoms with E-state index in [2.05, 4.69) is 9.88 Å². The molecule has 94 valence electrons. The summed E-state index contributed by atoms with van der Waals surface area (Å²) in [6.07, 6.45) is 2.32. The predicted molar refractivity (Wildman–Crippen MR) is 62.7 cm³/mol. The molecule has 17 heavy (non-hydrogen) atoms. The van der Waals surface area contributed by atoms with Gasteiger partial charge in [-0.25, -0.2) is 9.55 Å². The average molecular weight is 239 g/mol. The zero-order chi connectivity index (χ0) is 12.4. The van der Waals surface area contributed by atoms with Crippen LogP contribution in [0.5, 0.6) is 0 Å². The van der Waals surface area contributed by atoms with Crippen LogP contribution in [0.1, 0.15) is 12.2 Å². The van der Waals surface area contributed by atoms with Crippen molar-refractivity contribution in [1.29, 1.82) is 0 Å². The molecule has 1 unspecified atom stereocenters. The van der Waals surface area contributed by atoms with E-state index < -0.39 is 4.92 Å². The molecule has 0 radical (unpaired) electrons. The minimum atomic E-state index is -0.393. The van der Waals surface area contributed by atoms with Gasteiger partial charge in [-0.2, -0.15) is 0 Å². The molecule has 0 aromatic carbocycles. The maximum atomic E-state index is 10.8. The lowest BCUT2D eigenvalue weighted by atomic mass is 10.3. The second-order valence-corrected chi connectivity index (χ2v) is 4.42. The molecule has 7 heteroatoms. The molecular formula is C10H17N5O2. The number of imidazole rings is 1. The van der Waals surface area contributed by atoms with Crippen LogP contribution >= 0.6 is 0 Å². The summed E-state index contributed by atoms with van der Waals surface area (Å²) in [5.74, 6) is 0.742. The highest BCUT2D eigenvalue weighted by Gasteiger charge is 2.22. The molecule has 2 heterocycles. The number of aryl methyl sites for hydroxylation is 1. The van der Waals surface area contributed by atoms with Gasteiger partial charge in [0.15, 0.2) is 5.82 Å². The summed E-state index contributed by atoms with van der Waals surface area (Å²) in [6, 6.07) is 0.244. The molecule has 1 aromatic heterocycles. The number of rotatable bonds is 4. The first-order valence-corrected chi connectivity index (χ1v) is 5.72. The Hall–Kier alpha value is -1.47. The van der Waals surface area contributed by atoms with E-state index in [-0.39, 0.29) is 11.9 Å². The number of hydrogen-bond acceptors (Lipinski definition) is 5. The topological polar surface area (TPSA) is 90.2 Å². The van der Waals surface area contributed by atoms with E-state index in [4.69, 9.17) is 5.73 Å². The largest absolute Gasteiger partial charge is 0.358 e. The Bertz CT molecular complexity index is 417. The van der Waals surface area contributed by atoms with Crippen molar-refractivity contribution in [2.24, 2.45) is 5.73 Å². The van der Waals surface area contributed by atoms with E-state index in [1.165, 1.54) is 6.20 Å². The summed E-state index contributed by atoms with van der Waals surface area (Å²) < 4.78 is 1.64. The molecule has 1 aliphatic heterocycles. The minimum absolute atomic E-state index is 0.0611. The number of aromatic nitrogens is 2. The van der Waals surface area contributed by atoms with Crippen LogP contribution in [0.15, 0.2) is 6.20 Å². The zero-order valence-electron chi connectivity index (χ0n) is 9.87. The normalized spacial score (nSPS) is 20.9. The highest BCUT2D eigenvalue weighted by atomic mass is 16.6. The van der Waals surface area contributed by atoms with Gasteiger partial charge < -0.3 is 15.8 Å². The highest BCUT2D eigenvalue weighted by Crippen LogP contribution is 2.14. The number of nitrogens with two attached hydrogens (primary N) is 1. The van der Waals surface area contributed by atoms with E-state index in [9.17, 15) is 10.1 Å². The average Bonchev–Trinajstić information content (AvgIpc) is 2.82. The molecule has 1 fully saturated rings. The Balaban J connectivity index is 1.99. The lowest BCUT2D eigenvalue weighted by molar-refractivity contribution is -0.392. The van der Waals surface area contributed by atoms with Gasteiger partial charge in [-0.05, 0) is 17.9 Å². The Morgan fingerprint density at radius 1 is 1.65 bits per heavy atom. The fourth-order valence-electron chi connectivity index (χ4n) is 2.19. The first-order valence-electron chi connectivity index (χ1n) is 5.72. The lowest BCUT2D eigenvalue weighted by Crippen LogP contribution is -2.29. The van der Waals surface area contributed by atoms with Gasteiger partial charge in [-0.1, -0.05) is 0 Å². The van der Waals surface area contributed by atoms with Crippen LogP contribution in [-0.4, -0.2) is 45.1 Å². The molecule has 1 aromatic rings. The van der Waals surface area contributed by atoms with Crippen LogP contribution in [0.2, 0.25) is 0 Å². The van der Waals surface area contributed by atoms with Crippen molar-refractivity contribution < 1.29 is 4.92 Å². The van der Waals surface area contributed by atoms with Crippen LogP contribution < -0.4 is 5.73 Å². The number of hydrogen-bond donors (Lipinski definition) is 1. The van der Waals surface area contributed by atoms with E-state index >= 15 is 0 Å². The second kappa shape index (κ2) is 4.80. The summed E-state index contributed by atoms with van der Waals surface area (Å²) in [4.78, 5) is 16.6. The van der Waals surface area contributed by atoms with Crippen LogP contribution in [0.25, 0.3) is 0 Å². The van der Waals surface area contributed by atoms with E-state index in [0.29, 0.717) is 12.4 Å². The summed E-state index contributed by atoms with van der Waals surface area (Å²) in [5, 5.41) is 10.8. The van der Waals surface area contributed by atoms with Crippen molar-refractivity contribution in [3.05, 3.63) is 22.1 Å². The predicted octanol–water partition coefficient (Wildman–Crippen LogP) is 0.133. The molecule has 1 aliphatic rings. The monoisotopic (exact) mass is 239 g/mol. The molecule has 7 nitrogen and oxygen atoms in total. The molecular weight excluding hydrogens is 222 g/mol. The van der Waals surface area contributed by atoms with E-state index in [1.807, 2.05) is 0 Å². The Labute approximate surface area is 99.4 Å². The Morgan fingerprint density at radius 2 is 2.41 bits per heavy atom. The Kier molecular flexibility index (Phi) is 3.39. The van der Waals surface area contributed by atoms with Crippen molar-refractivity contribution in [3.8, 4) is 0 Å². The molecule has 0 amide bonds. The molecule has 0 spiro atoms. The second-order valence-electron chi connectivity index (χ2n) is 4.42. The maximum absolute atomic E-state index is 10.8. The van der Waals surface area contributed by atoms with Crippen molar-refractivity contribution in [3.63, 3.8) is 0 Å². The van der Waals surface area contributed by atoms with Crippen LogP contribution in [0.4, 0.5) is 5.82 Å². The van der Waals surface area contributed by atoms with E-state index in [0.717, 1.165) is 26.1 Å². The number of likely N-dealkylation sites (tertiary alicyclic amines) is 1.